The fraction of sp³-hybridized carbons (Fsp3) is 0.480. The maximum atomic E-state index is 13.9. The topological polar surface area (TPSA) is 20.3 Å². The fourth-order valence-corrected chi connectivity index (χ4v) is 5.18. The normalized spacial score (nSPS) is 18.2. The van der Waals surface area contributed by atoms with Gasteiger partial charge in [0.05, 0.1) is 10.2 Å². The van der Waals surface area contributed by atoms with E-state index >= 15 is 0 Å². The highest BCUT2D eigenvalue weighted by Crippen LogP contribution is 2.42. The predicted molar refractivity (Wildman–Crippen MR) is 121 cm³/mol. The number of nitrogens with zero attached hydrogens (tertiary/aromatic N) is 1. The van der Waals surface area contributed by atoms with Crippen molar-refractivity contribution in [2.24, 2.45) is 5.92 Å². The molecule has 2 aromatic carbocycles. The molecule has 1 aliphatic rings. The molecule has 2 aromatic rings. The van der Waals surface area contributed by atoms with Gasteiger partial charge in [0, 0.05) is 6.54 Å². The van der Waals surface area contributed by atoms with Crippen molar-refractivity contribution in [2.45, 2.75) is 49.8 Å². The van der Waals surface area contributed by atoms with Gasteiger partial charge >= 0.3 is 0 Å². The Balaban J connectivity index is 2.10. The van der Waals surface area contributed by atoms with Crippen molar-refractivity contribution in [2.75, 3.05) is 19.6 Å². The third kappa shape index (κ3) is 4.41. The highest BCUT2D eigenvalue weighted by Gasteiger charge is 2.47. The molecule has 150 valence electrons. The van der Waals surface area contributed by atoms with Gasteiger partial charge in [-0.2, -0.15) is 0 Å². The summed E-state index contributed by atoms with van der Waals surface area (Å²) in [6.45, 7) is 7.44. The van der Waals surface area contributed by atoms with Crippen LogP contribution in [0.5, 0.6) is 0 Å². The average Bonchev–Trinajstić information content (AvgIpc) is 2.99. The number of carbonyl (C=O) groups is 1. The maximum Gasteiger partial charge on any atom is 0.161 e. The van der Waals surface area contributed by atoms with Crippen LogP contribution >= 0.6 is 15.9 Å². The molecule has 0 saturated carbocycles. The first-order chi connectivity index (χ1) is 13.6. The van der Waals surface area contributed by atoms with Gasteiger partial charge in [-0.05, 0) is 49.9 Å². The standard InChI is InChI=1S/C25H32BrNO/c1-20(19-27-17-11-3-4-12-18-27)25(24(28)21(2)26,22-13-7-5-8-14-22)23-15-9-6-10-16-23/h5-10,13-16,20-21H,3-4,11-12,17-19H2,1-2H3/t20-,21-/m1/s1. The molecule has 0 N–H and O–H groups in total. The van der Waals surface area contributed by atoms with E-state index in [4.69, 9.17) is 0 Å². The van der Waals surface area contributed by atoms with Crippen LogP contribution in [0.1, 0.15) is 50.7 Å². The molecule has 1 saturated heterocycles. The van der Waals surface area contributed by atoms with Gasteiger partial charge in [-0.15, -0.1) is 0 Å². The molecule has 0 radical (unpaired) electrons. The number of ketones is 1. The third-order valence-corrected chi connectivity index (χ3v) is 6.59. The van der Waals surface area contributed by atoms with Crippen LogP contribution in [0, 0.1) is 5.92 Å². The lowest BCUT2D eigenvalue weighted by Gasteiger charge is -2.42. The van der Waals surface area contributed by atoms with Gasteiger partial charge in [0.15, 0.2) is 5.78 Å². The van der Waals surface area contributed by atoms with E-state index in [0.29, 0.717) is 0 Å². The zero-order valence-electron chi connectivity index (χ0n) is 17.1. The largest absolute Gasteiger partial charge is 0.303 e. The minimum Gasteiger partial charge on any atom is -0.303 e. The SMILES string of the molecule is C[C@H](CN1CCCCCC1)C(C(=O)[C@@H](C)Br)(c1ccccc1)c1ccccc1. The van der Waals surface area contributed by atoms with E-state index in [-0.39, 0.29) is 16.5 Å². The van der Waals surface area contributed by atoms with Crippen molar-refractivity contribution in [3.8, 4) is 0 Å². The average molecular weight is 442 g/mol. The molecule has 2 atom stereocenters. The fourth-order valence-electron chi connectivity index (χ4n) is 4.82. The molecule has 1 fully saturated rings. The molecule has 0 aromatic heterocycles. The molecule has 1 heterocycles. The van der Waals surface area contributed by atoms with Crippen molar-refractivity contribution in [1.29, 1.82) is 0 Å². The summed E-state index contributed by atoms with van der Waals surface area (Å²) in [7, 11) is 0. The van der Waals surface area contributed by atoms with Crippen LogP contribution in [0.15, 0.2) is 60.7 Å². The Morgan fingerprint density at radius 3 is 1.79 bits per heavy atom. The zero-order chi connectivity index (χ0) is 20.0. The Morgan fingerprint density at radius 2 is 1.36 bits per heavy atom. The first-order valence-corrected chi connectivity index (χ1v) is 11.5. The zero-order valence-corrected chi connectivity index (χ0v) is 18.7. The van der Waals surface area contributed by atoms with Gasteiger partial charge in [0.1, 0.15) is 0 Å². The minimum absolute atomic E-state index is 0.169. The van der Waals surface area contributed by atoms with Crippen molar-refractivity contribution < 1.29 is 4.79 Å². The first-order valence-electron chi connectivity index (χ1n) is 10.6. The molecule has 0 spiro atoms. The van der Waals surface area contributed by atoms with E-state index in [2.05, 4.69) is 76.3 Å². The molecule has 3 rings (SSSR count). The van der Waals surface area contributed by atoms with Crippen LogP contribution < -0.4 is 0 Å². The van der Waals surface area contributed by atoms with E-state index in [0.717, 1.165) is 30.8 Å². The summed E-state index contributed by atoms with van der Waals surface area (Å²) in [6.07, 6.45) is 5.17. The van der Waals surface area contributed by atoms with Gasteiger partial charge < -0.3 is 4.90 Å². The number of rotatable bonds is 7. The molecular formula is C25H32BrNO. The Kier molecular flexibility index (Phi) is 7.48. The Labute approximate surface area is 178 Å². The first kappa shape index (κ1) is 21.3. The van der Waals surface area contributed by atoms with E-state index in [1.54, 1.807) is 0 Å². The number of hydrogen-bond donors (Lipinski definition) is 0. The monoisotopic (exact) mass is 441 g/mol. The van der Waals surface area contributed by atoms with Crippen LogP contribution in [-0.2, 0) is 10.2 Å². The number of Topliss-reactive ketones (excluding diaryl/α,β-unsaturated/α-hetero) is 1. The van der Waals surface area contributed by atoms with E-state index in [1.165, 1.54) is 25.7 Å². The second-order valence-corrected chi connectivity index (χ2v) is 9.51. The smallest absolute Gasteiger partial charge is 0.161 e. The van der Waals surface area contributed by atoms with Crippen LogP contribution in [-0.4, -0.2) is 35.1 Å². The lowest BCUT2D eigenvalue weighted by atomic mass is 9.63. The summed E-state index contributed by atoms with van der Waals surface area (Å²) in [5.74, 6) is 0.412. The van der Waals surface area contributed by atoms with E-state index in [9.17, 15) is 4.79 Å². The van der Waals surface area contributed by atoms with Crippen molar-refractivity contribution in [3.63, 3.8) is 0 Å². The number of benzene rings is 2. The van der Waals surface area contributed by atoms with E-state index in [1.807, 2.05) is 19.1 Å². The Hall–Kier alpha value is -1.45. The van der Waals surface area contributed by atoms with Gasteiger partial charge in [-0.25, -0.2) is 0 Å². The number of likely N-dealkylation sites (tertiary alicyclic amines) is 1. The summed E-state index contributed by atoms with van der Waals surface area (Å²) in [6, 6.07) is 20.8. The lowest BCUT2D eigenvalue weighted by Crippen LogP contribution is -2.50. The van der Waals surface area contributed by atoms with Gasteiger partial charge in [-0.3, -0.25) is 4.79 Å². The summed E-state index contributed by atoms with van der Waals surface area (Å²) < 4.78 is 0. The van der Waals surface area contributed by atoms with Gasteiger partial charge in [0.2, 0.25) is 0 Å². The number of alkyl halides is 1. The molecular weight excluding hydrogens is 410 g/mol. The summed E-state index contributed by atoms with van der Waals surface area (Å²) >= 11 is 3.61. The maximum absolute atomic E-state index is 13.9. The number of carbonyl (C=O) groups excluding carboxylic acids is 1. The van der Waals surface area contributed by atoms with E-state index < -0.39 is 5.41 Å². The van der Waals surface area contributed by atoms with Gasteiger partial charge in [0.25, 0.3) is 0 Å². The quantitative estimate of drug-likeness (QED) is 0.503. The molecule has 0 unspecified atom stereocenters. The molecule has 0 aliphatic carbocycles. The third-order valence-electron chi connectivity index (χ3n) is 6.18. The number of halogens is 1. The molecule has 0 amide bonds. The van der Waals surface area contributed by atoms with Crippen LogP contribution in [0.25, 0.3) is 0 Å². The molecule has 0 bridgehead atoms. The molecule has 3 heteroatoms. The lowest BCUT2D eigenvalue weighted by molar-refractivity contribution is -0.124. The Bertz CT molecular complexity index is 696. The highest BCUT2D eigenvalue weighted by molar-refractivity contribution is 9.10. The molecule has 1 aliphatic heterocycles. The van der Waals surface area contributed by atoms with Crippen LogP contribution in [0.3, 0.4) is 0 Å². The predicted octanol–water partition coefficient (Wildman–Crippen LogP) is 5.84. The van der Waals surface area contributed by atoms with Crippen molar-refractivity contribution >= 4 is 21.7 Å². The second-order valence-electron chi connectivity index (χ2n) is 8.14. The summed E-state index contributed by atoms with van der Waals surface area (Å²) in [5.41, 5.74) is 1.54. The van der Waals surface area contributed by atoms with Crippen molar-refractivity contribution in [1.82, 2.24) is 4.90 Å². The highest BCUT2D eigenvalue weighted by atomic mass is 79.9. The molecule has 2 nitrogen and oxygen atoms in total. The minimum atomic E-state index is -0.655. The van der Waals surface area contributed by atoms with Crippen molar-refractivity contribution in [3.05, 3.63) is 71.8 Å². The van der Waals surface area contributed by atoms with Gasteiger partial charge in [-0.1, -0.05) is 96.4 Å². The van der Waals surface area contributed by atoms with Crippen LogP contribution in [0.4, 0.5) is 0 Å². The Morgan fingerprint density at radius 1 is 0.893 bits per heavy atom. The summed E-state index contributed by atoms with van der Waals surface area (Å²) in [4.78, 5) is 16.2. The summed E-state index contributed by atoms with van der Waals surface area (Å²) in [5, 5.41) is 0. The van der Waals surface area contributed by atoms with Crippen LogP contribution in [0.2, 0.25) is 0 Å². The second kappa shape index (κ2) is 9.84. The molecule has 28 heavy (non-hydrogen) atoms. The number of hydrogen-bond acceptors (Lipinski definition) is 2.